The Kier molecular flexibility index (Phi) is 5.97. The van der Waals surface area contributed by atoms with Crippen LogP contribution in [0.3, 0.4) is 0 Å². The monoisotopic (exact) mass is 362 g/mol. The summed E-state index contributed by atoms with van der Waals surface area (Å²) in [6, 6.07) is 14.3. The maximum absolute atomic E-state index is 8.74. The van der Waals surface area contributed by atoms with Crippen molar-refractivity contribution in [3.05, 3.63) is 58.7 Å². The third kappa shape index (κ3) is 4.40. The van der Waals surface area contributed by atoms with E-state index in [1.165, 1.54) is 41.6 Å². The van der Waals surface area contributed by atoms with Gasteiger partial charge in [0.2, 0.25) is 0 Å². The van der Waals surface area contributed by atoms with Crippen LogP contribution in [0.1, 0.15) is 35.1 Å². The van der Waals surface area contributed by atoms with Crippen molar-refractivity contribution in [3.8, 4) is 6.07 Å². The van der Waals surface area contributed by atoms with Crippen molar-refractivity contribution in [2.45, 2.75) is 25.7 Å². The van der Waals surface area contributed by atoms with Crippen molar-refractivity contribution in [1.29, 1.82) is 5.26 Å². The van der Waals surface area contributed by atoms with Gasteiger partial charge in [-0.3, -0.25) is 0 Å². The van der Waals surface area contributed by atoms with Crippen LogP contribution in [0.25, 0.3) is 0 Å². The topological polar surface area (TPSA) is 62.9 Å². The fraction of sp³-hybridized carbons (Fsp3) is 0.364. The number of anilines is 2. The molecular weight excluding hydrogens is 336 g/mol. The molecule has 0 saturated heterocycles. The van der Waals surface area contributed by atoms with E-state index >= 15 is 0 Å². The lowest BCUT2D eigenvalue weighted by Crippen LogP contribution is -2.24. The molecule has 5 nitrogen and oxygen atoms in total. The molecule has 0 aromatic heterocycles. The van der Waals surface area contributed by atoms with Gasteiger partial charge in [0.05, 0.1) is 17.8 Å². The Hall–Kier alpha value is -3.00. The summed E-state index contributed by atoms with van der Waals surface area (Å²) in [5.74, 6) is 0. The summed E-state index contributed by atoms with van der Waals surface area (Å²) < 4.78 is 0. The number of nitrogens with zero attached hydrogens (tertiary/aromatic N) is 4. The van der Waals surface area contributed by atoms with Crippen LogP contribution in [0.4, 0.5) is 11.4 Å². The second kappa shape index (κ2) is 8.59. The number of fused-ring (bicyclic) bond motifs is 2. The fourth-order valence-electron chi connectivity index (χ4n) is 3.81. The quantitative estimate of drug-likeness (QED) is 0.476. The second-order valence-electron chi connectivity index (χ2n) is 7.14. The van der Waals surface area contributed by atoms with Crippen molar-refractivity contribution in [2.75, 3.05) is 37.0 Å². The molecular formula is C22H26N4O. The van der Waals surface area contributed by atoms with Gasteiger partial charge in [0.1, 0.15) is 0 Å². The number of benzene rings is 2. The molecule has 0 aliphatic carbocycles. The molecule has 2 aliphatic rings. The number of hydrogen-bond donors (Lipinski definition) is 1. The molecule has 4 rings (SSSR count). The lowest BCUT2D eigenvalue weighted by atomic mass is 10.00. The van der Waals surface area contributed by atoms with Gasteiger partial charge in [-0.05, 0) is 72.7 Å². The van der Waals surface area contributed by atoms with E-state index in [0.29, 0.717) is 0 Å². The van der Waals surface area contributed by atoms with Gasteiger partial charge in [0, 0.05) is 38.6 Å². The Morgan fingerprint density at radius 3 is 2.15 bits per heavy atom. The molecule has 0 atom stereocenters. The Morgan fingerprint density at radius 1 is 0.963 bits per heavy atom. The van der Waals surface area contributed by atoms with E-state index in [9.17, 15) is 0 Å². The van der Waals surface area contributed by atoms with Crippen LogP contribution < -0.4 is 9.80 Å². The zero-order valence-corrected chi connectivity index (χ0v) is 16.0. The van der Waals surface area contributed by atoms with Crippen LogP contribution in [-0.2, 0) is 12.8 Å². The van der Waals surface area contributed by atoms with Crippen LogP contribution in [0.15, 0.2) is 41.6 Å². The second-order valence-corrected chi connectivity index (χ2v) is 7.14. The third-order valence-corrected chi connectivity index (χ3v) is 5.22. The Morgan fingerprint density at radius 2 is 1.56 bits per heavy atom. The standard InChI is InChI=1S/C11H14N2O.C11H12N2/c1-13-6-2-3-10-7-9(8-12-14)4-5-11(10)13;1-13-6-2-3-10-7-9(8-12)4-5-11(10)13/h4-5,7-8,14H,2-3,6H2,1H3;4-5,7H,2-3,6H2,1H3. The fourth-order valence-corrected chi connectivity index (χ4v) is 3.81. The van der Waals surface area contributed by atoms with Crippen molar-refractivity contribution in [2.24, 2.45) is 5.16 Å². The molecule has 0 spiro atoms. The molecule has 1 N–H and O–H groups in total. The van der Waals surface area contributed by atoms with Crippen LogP contribution in [0.2, 0.25) is 0 Å². The Balaban J connectivity index is 0.000000156. The van der Waals surface area contributed by atoms with Crippen LogP contribution in [0, 0.1) is 11.3 Å². The van der Waals surface area contributed by atoms with Gasteiger partial charge in [-0.15, -0.1) is 0 Å². The predicted octanol–water partition coefficient (Wildman–Crippen LogP) is 3.82. The first-order valence-corrected chi connectivity index (χ1v) is 9.38. The molecule has 2 aromatic carbocycles. The van der Waals surface area contributed by atoms with Crippen molar-refractivity contribution >= 4 is 17.6 Å². The molecule has 2 heterocycles. The molecule has 0 bridgehead atoms. The molecule has 27 heavy (non-hydrogen) atoms. The molecule has 5 heteroatoms. The van der Waals surface area contributed by atoms with E-state index < -0.39 is 0 Å². The Labute approximate surface area is 161 Å². The normalized spacial score (nSPS) is 15.4. The molecule has 140 valence electrons. The largest absolute Gasteiger partial charge is 0.411 e. The van der Waals surface area contributed by atoms with E-state index in [2.05, 4.69) is 47.3 Å². The minimum atomic E-state index is 0.772. The highest BCUT2D eigenvalue weighted by Gasteiger charge is 2.14. The summed E-state index contributed by atoms with van der Waals surface area (Å²) in [6.07, 6.45) is 6.08. The van der Waals surface area contributed by atoms with Gasteiger partial charge in [0.15, 0.2) is 0 Å². The van der Waals surface area contributed by atoms with E-state index in [-0.39, 0.29) is 0 Å². The van der Waals surface area contributed by atoms with Gasteiger partial charge in [0.25, 0.3) is 0 Å². The van der Waals surface area contributed by atoms with Crippen LogP contribution in [-0.4, -0.2) is 38.6 Å². The van der Waals surface area contributed by atoms with E-state index in [1.807, 2.05) is 24.3 Å². The third-order valence-electron chi connectivity index (χ3n) is 5.22. The smallest absolute Gasteiger partial charge is 0.0991 e. The lowest BCUT2D eigenvalue weighted by molar-refractivity contribution is 0.322. The minimum Gasteiger partial charge on any atom is -0.411 e. The number of oxime groups is 1. The Bertz CT molecular complexity index is 869. The molecule has 0 amide bonds. The average Bonchev–Trinajstić information content (AvgIpc) is 2.69. The summed E-state index contributed by atoms with van der Waals surface area (Å²) >= 11 is 0. The minimum absolute atomic E-state index is 0.772. The summed E-state index contributed by atoms with van der Waals surface area (Å²) in [5, 5.41) is 20.2. The van der Waals surface area contributed by atoms with Crippen LogP contribution >= 0.6 is 0 Å². The SMILES string of the molecule is CN1CCCc2cc(C#N)ccc21.CN1CCCc2cc(C=NO)ccc21. The molecule has 2 aliphatic heterocycles. The van der Waals surface area contributed by atoms with Gasteiger partial charge < -0.3 is 15.0 Å². The highest BCUT2D eigenvalue weighted by molar-refractivity contribution is 5.80. The first-order chi connectivity index (χ1) is 13.1. The first-order valence-electron chi connectivity index (χ1n) is 9.38. The zero-order chi connectivity index (χ0) is 19.2. The molecule has 0 radical (unpaired) electrons. The number of nitriles is 1. The van der Waals surface area contributed by atoms with Gasteiger partial charge in [-0.1, -0.05) is 11.2 Å². The highest BCUT2D eigenvalue weighted by atomic mass is 16.4. The van der Waals surface area contributed by atoms with Crippen LogP contribution in [0.5, 0.6) is 0 Å². The molecule has 0 unspecified atom stereocenters. The number of rotatable bonds is 1. The molecule has 2 aromatic rings. The zero-order valence-electron chi connectivity index (χ0n) is 16.0. The lowest BCUT2D eigenvalue weighted by Gasteiger charge is -2.27. The van der Waals surface area contributed by atoms with Gasteiger partial charge in [-0.2, -0.15) is 5.26 Å². The summed E-state index contributed by atoms with van der Waals surface area (Å²) in [7, 11) is 4.21. The molecule has 0 saturated carbocycles. The van der Waals surface area contributed by atoms with Crippen molar-refractivity contribution in [3.63, 3.8) is 0 Å². The van der Waals surface area contributed by atoms with Crippen molar-refractivity contribution < 1.29 is 5.21 Å². The maximum atomic E-state index is 8.74. The van der Waals surface area contributed by atoms with Crippen molar-refractivity contribution in [1.82, 2.24) is 0 Å². The summed E-state index contributed by atoms with van der Waals surface area (Å²) in [5.41, 5.74) is 6.97. The maximum Gasteiger partial charge on any atom is 0.0991 e. The average molecular weight is 362 g/mol. The highest BCUT2D eigenvalue weighted by Crippen LogP contribution is 2.27. The number of hydrogen-bond acceptors (Lipinski definition) is 5. The first kappa shape index (κ1) is 18.8. The number of aryl methyl sites for hydroxylation is 2. The van der Waals surface area contributed by atoms with E-state index in [4.69, 9.17) is 10.5 Å². The predicted molar refractivity (Wildman–Crippen MR) is 110 cm³/mol. The van der Waals surface area contributed by atoms with Gasteiger partial charge >= 0.3 is 0 Å². The van der Waals surface area contributed by atoms with Gasteiger partial charge in [-0.25, -0.2) is 0 Å². The van der Waals surface area contributed by atoms with E-state index in [0.717, 1.165) is 37.1 Å². The summed E-state index contributed by atoms with van der Waals surface area (Å²) in [6.45, 7) is 2.25. The van der Waals surface area contributed by atoms with E-state index in [1.54, 1.807) is 0 Å². The summed E-state index contributed by atoms with van der Waals surface area (Å²) in [4.78, 5) is 4.51. The molecule has 0 fully saturated rings.